The topological polar surface area (TPSA) is 82.6 Å². The molecule has 0 atom stereocenters. The second-order valence-corrected chi connectivity index (χ2v) is 6.35. The second kappa shape index (κ2) is 8.50. The van der Waals surface area contributed by atoms with Crippen LogP contribution < -0.4 is 19.5 Å². The van der Waals surface area contributed by atoms with Gasteiger partial charge in [-0.05, 0) is 36.8 Å². The first-order valence-electron chi connectivity index (χ1n) is 8.15. The molecule has 0 aliphatic heterocycles. The highest BCUT2D eigenvalue weighted by Gasteiger charge is 2.13. The van der Waals surface area contributed by atoms with Crippen molar-refractivity contribution in [2.24, 2.45) is 0 Å². The van der Waals surface area contributed by atoms with Crippen LogP contribution in [0, 0.1) is 6.92 Å². The van der Waals surface area contributed by atoms with Crippen LogP contribution in [0.1, 0.15) is 5.56 Å². The summed E-state index contributed by atoms with van der Waals surface area (Å²) in [7, 11) is 3.14. The number of methoxy groups -OCH3 is 2. The predicted molar refractivity (Wildman–Crippen MR) is 104 cm³/mol. The summed E-state index contributed by atoms with van der Waals surface area (Å²) >= 11 is 1.10. The van der Waals surface area contributed by atoms with Gasteiger partial charge in [-0.3, -0.25) is 10.1 Å². The number of aromatic nitrogens is 2. The third kappa shape index (κ3) is 4.53. The van der Waals surface area contributed by atoms with Crippen molar-refractivity contribution in [1.82, 2.24) is 9.36 Å². The highest BCUT2D eigenvalue weighted by molar-refractivity contribution is 7.10. The number of para-hydroxylation sites is 1. The molecule has 0 aliphatic rings. The lowest BCUT2D eigenvalue weighted by Crippen LogP contribution is -2.20. The van der Waals surface area contributed by atoms with E-state index < -0.39 is 0 Å². The number of aryl methyl sites for hydroxylation is 1. The number of anilines is 1. The molecule has 3 aromatic rings. The molecule has 27 heavy (non-hydrogen) atoms. The zero-order chi connectivity index (χ0) is 19.2. The quantitative estimate of drug-likeness (QED) is 0.670. The lowest BCUT2D eigenvalue weighted by molar-refractivity contribution is -0.118. The Morgan fingerprint density at radius 2 is 1.85 bits per heavy atom. The maximum absolute atomic E-state index is 12.1. The molecule has 1 heterocycles. The molecule has 0 radical (unpaired) electrons. The van der Waals surface area contributed by atoms with E-state index in [4.69, 9.17) is 14.2 Å². The lowest BCUT2D eigenvalue weighted by Gasteiger charge is -2.08. The third-order valence-electron chi connectivity index (χ3n) is 3.77. The summed E-state index contributed by atoms with van der Waals surface area (Å²) in [4.78, 5) is 16.4. The van der Waals surface area contributed by atoms with Gasteiger partial charge in [0, 0.05) is 17.1 Å². The Bertz CT molecular complexity index is 942. The Balaban J connectivity index is 1.64. The Morgan fingerprint density at radius 3 is 2.59 bits per heavy atom. The van der Waals surface area contributed by atoms with E-state index in [0.29, 0.717) is 28.2 Å². The van der Waals surface area contributed by atoms with E-state index >= 15 is 0 Å². The van der Waals surface area contributed by atoms with E-state index in [0.717, 1.165) is 22.7 Å². The van der Waals surface area contributed by atoms with Crippen molar-refractivity contribution in [3.8, 4) is 28.6 Å². The summed E-state index contributed by atoms with van der Waals surface area (Å²) < 4.78 is 20.3. The third-order valence-corrected chi connectivity index (χ3v) is 4.40. The summed E-state index contributed by atoms with van der Waals surface area (Å²) in [6, 6.07) is 12.9. The van der Waals surface area contributed by atoms with Crippen LogP contribution in [0.3, 0.4) is 0 Å². The van der Waals surface area contributed by atoms with E-state index in [1.807, 2.05) is 37.3 Å². The van der Waals surface area contributed by atoms with Crippen LogP contribution >= 0.6 is 11.5 Å². The molecule has 8 heteroatoms. The molecule has 1 aromatic heterocycles. The standard InChI is InChI=1S/C19H19N3O4S/c1-12-6-4-5-7-14(12)26-11-17(23)20-19-21-18(22-27-19)13-8-9-15(24-2)16(10-13)25-3/h4-10H,11H2,1-3H3,(H,20,21,22,23). The fourth-order valence-corrected chi connectivity index (χ4v) is 2.99. The van der Waals surface area contributed by atoms with Gasteiger partial charge < -0.3 is 14.2 Å². The van der Waals surface area contributed by atoms with Gasteiger partial charge >= 0.3 is 0 Å². The van der Waals surface area contributed by atoms with Crippen LogP contribution in [0.15, 0.2) is 42.5 Å². The van der Waals surface area contributed by atoms with Crippen molar-refractivity contribution in [3.63, 3.8) is 0 Å². The number of benzene rings is 2. The van der Waals surface area contributed by atoms with E-state index in [-0.39, 0.29) is 12.5 Å². The molecule has 0 bridgehead atoms. The number of nitrogens with zero attached hydrogens (tertiary/aromatic N) is 2. The van der Waals surface area contributed by atoms with Crippen LogP contribution in [0.2, 0.25) is 0 Å². The predicted octanol–water partition coefficient (Wildman–Crippen LogP) is 3.55. The van der Waals surface area contributed by atoms with Crippen LogP contribution in [-0.2, 0) is 4.79 Å². The second-order valence-electron chi connectivity index (χ2n) is 5.60. The number of ether oxygens (including phenoxy) is 3. The molecule has 1 amide bonds. The monoisotopic (exact) mass is 385 g/mol. The summed E-state index contributed by atoms with van der Waals surface area (Å²) in [5.74, 6) is 2.08. The molecule has 3 rings (SSSR count). The number of amides is 1. The molecule has 0 fully saturated rings. The number of hydrogen-bond acceptors (Lipinski definition) is 7. The fourth-order valence-electron chi connectivity index (χ4n) is 2.38. The summed E-state index contributed by atoms with van der Waals surface area (Å²) in [6.45, 7) is 1.82. The van der Waals surface area contributed by atoms with Crippen LogP contribution in [-0.4, -0.2) is 36.1 Å². The molecule has 1 N–H and O–H groups in total. The molecule has 0 saturated carbocycles. The van der Waals surface area contributed by atoms with E-state index in [1.54, 1.807) is 26.4 Å². The number of rotatable bonds is 7. The normalized spacial score (nSPS) is 10.3. The van der Waals surface area contributed by atoms with Crippen molar-refractivity contribution >= 4 is 22.6 Å². The van der Waals surface area contributed by atoms with Gasteiger partial charge in [0.15, 0.2) is 23.9 Å². The maximum Gasteiger partial charge on any atom is 0.264 e. The van der Waals surface area contributed by atoms with Gasteiger partial charge in [0.1, 0.15) is 5.75 Å². The maximum atomic E-state index is 12.1. The molecular weight excluding hydrogens is 366 g/mol. The smallest absolute Gasteiger partial charge is 0.264 e. The number of carbonyl (C=O) groups excluding carboxylic acids is 1. The van der Waals surface area contributed by atoms with Gasteiger partial charge in [-0.15, -0.1) is 0 Å². The van der Waals surface area contributed by atoms with Crippen LogP contribution in [0.4, 0.5) is 5.13 Å². The van der Waals surface area contributed by atoms with Crippen molar-refractivity contribution in [3.05, 3.63) is 48.0 Å². The Morgan fingerprint density at radius 1 is 1.07 bits per heavy atom. The molecule has 140 valence electrons. The minimum atomic E-state index is -0.298. The van der Waals surface area contributed by atoms with E-state index in [9.17, 15) is 4.79 Å². The van der Waals surface area contributed by atoms with Gasteiger partial charge in [-0.1, -0.05) is 18.2 Å². The Hall–Kier alpha value is -3.13. The van der Waals surface area contributed by atoms with E-state index in [2.05, 4.69) is 14.7 Å². The molecule has 0 saturated heterocycles. The first kappa shape index (κ1) is 18.7. The zero-order valence-electron chi connectivity index (χ0n) is 15.2. The zero-order valence-corrected chi connectivity index (χ0v) is 16.0. The minimum Gasteiger partial charge on any atom is -0.493 e. The number of nitrogens with one attached hydrogen (secondary N) is 1. The average molecular weight is 385 g/mol. The van der Waals surface area contributed by atoms with Gasteiger partial charge in [0.25, 0.3) is 5.91 Å². The highest BCUT2D eigenvalue weighted by Crippen LogP contribution is 2.32. The first-order valence-corrected chi connectivity index (χ1v) is 8.92. The van der Waals surface area contributed by atoms with Gasteiger partial charge in [0.05, 0.1) is 14.2 Å². The van der Waals surface area contributed by atoms with Crippen molar-refractivity contribution in [2.45, 2.75) is 6.92 Å². The summed E-state index contributed by atoms with van der Waals surface area (Å²) in [5.41, 5.74) is 1.73. The molecule has 7 nitrogen and oxygen atoms in total. The molecule has 0 unspecified atom stereocenters. The fraction of sp³-hybridized carbons (Fsp3) is 0.211. The largest absolute Gasteiger partial charge is 0.493 e. The Labute approximate surface area is 161 Å². The van der Waals surface area contributed by atoms with Crippen molar-refractivity contribution in [2.75, 3.05) is 26.1 Å². The lowest BCUT2D eigenvalue weighted by atomic mass is 10.2. The van der Waals surface area contributed by atoms with Crippen molar-refractivity contribution < 1.29 is 19.0 Å². The van der Waals surface area contributed by atoms with Crippen molar-refractivity contribution in [1.29, 1.82) is 0 Å². The van der Waals surface area contributed by atoms with Crippen LogP contribution in [0.25, 0.3) is 11.4 Å². The number of hydrogen-bond donors (Lipinski definition) is 1. The number of carbonyl (C=O) groups is 1. The molecule has 2 aromatic carbocycles. The van der Waals surface area contributed by atoms with Gasteiger partial charge in [-0.25, -0.2) is 0 Å². The van der Waals surface area contributed by atoms with Gasteiger partial charge in [0.2, 0.25) is 5.13 Å². The minimum absolute atomic E-state index is 0.101. The van der Waals surface area contributed by atoms with E-state index in [1.165, 1.54) is 0 Å². The Kier molecular flexibility index (Phi) is 5.87. The summed E-state index contributed by atoms with van der Waals surface area (Å²) in [6.07, 6.45) is 0. The van der Waals surface area contributed by atoms with Crippen LogP contribution in [0.5, 0.6) is 17.2 Å². The molecule has 0 aliphatic carbocycles. The SMILES string of the molecule is COc1ccc(-c2nsc(NC(=O)COc3ccccc3C)n2)cc1OC. The molecular formula is C19H19N3O4S. The highest BCUT2D eigenvalue weighted by atomic mass is 32.1. The summed E-state index contributed by atoms with van der Waals surface area (Å²) in [5, 5.41) is 3.10. The average Bonchev–Trinajstić information content (AvgIpc) is 3.15. The first-order chi connectivity index (χ1) is 13.1. The van der Waals surface area contributed by atoms with Gasteiger partial charge in [-0.2, -0.15) is 9.36 Å². The molecule has 0 spiro atoms.